The summed E-state index contributed by atoms with van der Waals surface area (Å²) in [6.07, 6.45) is 4.42. The predicted molar refractivity (Wildman–Crippen MR) is 84.8 cm³/mol. The van der Waals surface area contributed by atoms with Gasteiger partial charge in [0.15, 0.2) is 9.84 Å². The Balaban J connectivity index is 1.70. The summed E-state index contributed by atoms with van der Waals surface area (Å²) < 4.78 is 23.1. The molecule has 1 unspecified atom stereocenters. The van der Waals surface area contributed by atoms with E-state index in [-0.39, 0.29) is 23.5 Å². The lowest BCUT2D eigenvalue weighted by molar-refractivity contribution is 0.0787. The lowest BCUT2D eigenvalue weighted by atomic mass is 10.2. The second kappa shape index (κ2) is 5.87. The summed E-state index contributed by atoms with van der Waals surface area (Å²) in [7, 11) is -1.02. The van der Waals surface area contributed by atoms with Gasteiger partial charge in [0.25, 0.3) is 5.91 Å². The zero-order valence-electron chi connectivity index (χ0n) is 12.7. The number of likely N-dealkylation sites (tertiary alicyclic amines) is 1. The van der Waals surface area contributed by atoms with Crippen LogP contribution in [0.3, 0.4) is 0 Å². The number of rotatable bonds is 3. The predicted octanol–water partition coefficient (Wildman–Crippen LogP) is 0.941. The van der Waals surface area contributed by atoms with Crippen LogP contribution in [0.1, 0.15) is 29.8 Å². The molecular formula is C15H21N3O3S. The van der Waals surface area contributed by atoms with E-state index in [0.717, 1.165) is 31.6 Å². The molecule has 0 bridgehead atoms. The molecule has 0 radical (unpaired) electrons. The van der Waals surface area contributed by atoms with E-state index in [0.29, 0.717) is 12.1 Å². The van der Waals surface area contributed by atoms with E-state index in [4.69, 9.17) is 0 Å². The third kappa shape index (κ3) is 3.09. The van der Waals surface area contributed by atoms with Gasteiger partial charge in [0.1, 0.15) is 5.69 Å². The molecule has 1 amide bonds. The average Bonchev–Trinajstić information content (AvgIpc) is 3.15. The highest BCUT2D eigenvalue weighted by atomic mass is 32.2. The van der Waals surface area contributed by atoms with E-state index in [1.165, 1.54) is 0 Å². The molecule has 7 heteroatoms. The minimum absolute atomic E-state index is 0.00747. The molecule has 1 aromatic heterocycles. The van der Waals surface area contributed by atoms with Gasteiger partial charge in [-0.3, -0.25) is 4.79 Å². The first-order chi connectivity index (χ1) is 10.5. The number of sulfone groups is 1. The van der Waals surface area contributed by atoms with Gasteiger partial charge in [0.05, 0.1) is 23.4 Å². The van der Waals surface area contributed by atoms with Crippen molar-refractivity contribution in [2.75, 3.05) is 36.5 Å². The van der Waals surface area contributed by atoms with Crippen molar-refractivity contribution >= 4 is 21.4 Å². The minimum Gasteiger partial charge on any atom is -0.369 e. The van der Waals surface area contributed by atoms with E-state index in [9.17, 15) is 13.2 Å². The Hall–Kier alpha value is -1.63. The Morgan fingerprint density at radius 3 is 2.59 bits per heavy atom. The maximum atomic E-state index is 12.2. The van der Waals surface area contributed by atoms with Crippen LogP contribution in [0.15, 0.2) is 18.3 Å². The van der Waals surface area contributed by atoms with Crippen LogP contribution in [0, 0.1) is 0 Å². The number of hydrogen-bond acceptors (Lipinski definition) is 5. The van der Waals surface area contributed by atoms with Crippen molar-refractivity contribution in [3.8, 4) is 0 Å². The van der Waals surface area contributed by atoms with Crippen LogP contribution in [0.25, 0.3) is 0 Å². The monoisotopic (exact) mass is 323 g/mol. The smallest absolute Gasteiger partial charge is 0.272 e. The fourth-order valence-electron chi connectivity index (χ4n) is 3.10. The molecule has 0 aromatic carbocycles. The summed E-state index contributed by atoms with van der Waals surface area (Å²) in [4.78, 5) is 20.3. The highest BCUT2D eigenvalue weighted by Crippen LogP contribution is 2.22. The van der Waals surface area contributed by atoms with Gasteiger partial charge in [-0.1, -0.05) is 0 Å². The number of carbonyl (C=O) groups is 1. The van der Waals surface area contributed by atoms with Crippen molar-refractivity contribution < 1.29 is 13.2 Å². The van der Waals surface area contributed by atoms with Gasteiger partial charge in [-0.2, -0.15) is 0 Å². The molecule has 0 spiro atoms. The summed E-state index contributed by atoms with van der Waals surface area (Å²) in [5, 5.41) is 0. The Bertz CT molecular complexity index is 651. The third-order valence-electron chi connectivity index (χ3n) is 4.52. The highest BCUT2D eigenvalue weighted by molar-refractivity contribution is 7.91. The van der Waals surface area contributed by atoms with Crippen LogP contribution in [-0.4, -0.2) is 61.9 Å². The van der Waals surface area contributed by atoms with E-state index < -0.39 is 9.84 Å². The Morgan fingerprint density at radius 1 is 1.32 bits per heavy atom. The van der Waals surface area contributed by atoms with E-state index in [1.807, 2.05) is 22.9 Å². The maximum absolute atomic E-state index is 12.2. The normalized spacial score (nSPS) is 23.7. The van der Waals surface area contributed by atoms with Gasteiger partial charge in [-0.25, -0.2) is 13.4 Å². The second-order valence-corrected chi connectivity index (χ2v) is 8.30. The summed E-state index contributed by atoms with van der Waals surface area (Å²) in [5.74, 6) is 0.425. The van der Waals surface area contributed by atoms with Crippen molar-refractivity contribution in [2.24, 2.45) is 0 Å². The zero-order chi connectivity index (χ0) is 15.7. The van der Waals surface area contributed by atoms with Crippen LogP contribution in [-0.2, 0) is 9.84 Å². The first-order valence-electron chi connectivity index (χ1n) is 7.65. The lowest BCUT2D eigenvalue weighted by Crippen LogP contribution is -2.33. The molecule has 6 nitrogen and oxygen atoms in total. The summed E-state index contributed by atoms with van der Waals surface area (Å²) in [6.45, 7) is 1.62. The standard InChI is InChI=1S/C15H21N3O3S/c1-17(13-6-9-22(20,21)11-13)12-4-5-14(16-10-12)15(19)18-7-2-3-8-18/h4-5,10,13H,2-3,6-9,11H2,1H3. The minimum atomic E-state index is -2.90. The van der Waals surface area contributed by atoms with Crippen molar-refractivity contribution in [3.05, 3.63) is 24.0 Å². The number of anilines is 1. The molecule has 22 heavy (non-hydrogen) atoms. The Labute approximate surface area is 131 Å². The molecule has 2 fully saturated rings. The second-order valence-electron chi connectivity index (χ2n) is 6.07. The van der Waals surface area contributed by atoms with Crippen LogP contribution >= 0.6 is 0 Å². The molecule has 0 saturated carbocycles. The largest absolute Gasteiger partial charge is 0.369 e. The molecule has 1 aromatic rings. The van der Waals surface area contributed by atoms with Crippen molar-refractivity contribution in [3.63, 3.8) is 0 Å². The lowest BCUT2D eigenvalue weighted by Gasteiger charge is -2.25. The van der Waals surface area contributed by atoms with Crippen LogP contribution in [0.4, 0.5) is 5.69 Å². The maximum Gasteiger partial charge on any atom is 0.272 e. The molecule has 2 aliphatic heterocycles. The van der Waals surface area contributed by atoms with Gasteiger partial charge >= 0.3 is 0 Å². The van der Waals surface area contributed by atoms with Crippen LogP contribution < -0.4 is 4.90 Å². The van der Waals surface area contributed by atoms with Crippen molar-refractivity contribution in [2.45, 2.75) is 25.3 Å². The van der Waals surface area contributed by atoms with Gasteiger partial charge in [-0.05, 0) is 31.4 Å². The van der Waals surface area contributed by atoms with E-state index >= 15 is 0 Å². The quantitative estimate of drug-likeness (QED) is 0.828. The van der Waals surface area contributed by atoms with Gasteiger partial charge in [0.2, 0.25) is 0 Å². The molecule has 1 atom stereocenters. The van der Waals surface area contributed by atoms with Crippen LogP contribution in [0.2, 0.25) is 0 Å². The summed E-state index contributed by atoms with van der Waals surface area (Å²) >= 11 is 0. The average molecular weight is 323 g/mol. The highest BCUT2D eigenvalue weighted by Gasteiger charge is 2.31. The molecule has 3 rings (SSSR count). The molecule has 0 aliphatic carbocycles. The molecule has 0 N–H and O–H groups in total. The zero-order valence-corrected chi connectivity index (χ0v) is 13.6. The molecule has 2 saturated heterocycles. The first-order valence-corrected chi connectivity index (χ1v) is 9.47. The number of carbonyl (C=O) groups excluding carboxylic acids is 1. The topological polar surface area (TPSA) is 70.6 Å². The van der Waals surface area contributed by atoms with Crippen LogP contribution in [0.5, 0.6) is 0 Å². The SMILES string of the molecule is CN(c1ccc(C(=O)N2CCCC2)nc1)C1CCS(=O)(=O)C1. The first kappa shape index (κ1) is 15.3. The van der Waals surface area contributed by atoms with Crippen molar-refractivity contribution in [1.82, 2.24) is 9.88 Å². The molecule has 3 heterocycles. The number of nitrogens with zero attached hydrogens (tertiary/aromatic N) is 3. The fraction of sp³-hybridized carbons (Fsp3) is 0.600. The number of aromatic nitrogens is 1. The third-order valence-corrected chi connectivity index (χ3v) is 6.27. The number of hydrogen-bond donors (Lipinski definition) is 0. The van der Waals surface area contributed by atoms with Crippen molar-refractivity contribution in [1.29, 1.82) is 0 Å². The van der Waals surface area contributed by atoms with Gasteiger partial charge < -0.3 is 9.80 Å². The Morgan fingerprint density at radius 2 is 2.05 bits per heavy atom. The fourth-order valence-corrected chi connectivity index (χ4v) is 4.87. The van der Waals surface area contributed by atoms with Gasteiger partial charge in [0, 0.05) is 26.2 Å². The summed E-state index contributed by atoms with van der Waals surface area (Å²) in [6, 6.07) is 3.57. The summed E-state index contributed by atoms with van der Waals surface area (Å²) in [5.41, 5.74) is 1.30. The molecule has 120 valence electrons. The number of amides is 1. The van der Waals surface area contributed by atoms with E-state index in [1.54, 1.807) is 12.3 Å². The van der Waals surface area contributed by atoms with E-state index in [2.05, 4.69) is 4.98 Å². The number of pyridine rings is 1. The molecule has 2 aliphatic rings. The molecular weight excluding hydrogens is 302 g/mol. The van der Waals surface area contributed by atoms with Gasteiger partial charge in [-0.15, -0.1) is 0 Å². The Kier molecular flexibility index (Phi) is 4.08.